The van der Waals surface area contributed by atoms with Crippen LogP contribution in [0.1, 0.15) is 44.8 Å². The fourth-order valence-electron chi connectivity index (χ4n) is 2.51. The van der Waals surface area contributed by atoms with Gasteiger partial charge < -0.3 is 15.1 Å². The summed E-state index contributed by atoms with van der Waals surface area (Å²) in [5, 5.41) is 6.83. The fourth-order valence-corrected chi connectivity index (χ4v) is 3.42. The molecule has 0 aromatic carbocycles. The molecule has 1 unspecified atom stereocenters. The van der Waals surface area contributed by atoms with Crippen LogP contribution in [0.2, 0.25) is 0 Å². The standard InChI is InChI=1S/C15H28N4S/c1-4-7-16-13(2)14-12-20-15(17-14)18(3)10-11-19-8-5-6-9-19/h12-13,16H,4-11H2,1-3H3. The average Bonchev–Trinajstić information content (AvgIpc) is 3.12. The highest BCUT2D eigenvalue weighted by atomic mass is 32.1. The number of thiazole rings is 1. The van der Waals surface area contributed by atoms with E-state index < -0.39 is 0 Å². The number of aromatic nitrogens is 1. The van der Waals surface area contributed by atoms with Crippen LogP contribution in [0.15, 0.2) is 5.38 Å². The lowest BCUT2D eigenvalue weighted by molar-refractivity contribution is 0.346. The molecule has 1 aliphatic heterocycles. The van der Waals surface area contributed by atoms with Crippen molar-refractivity contribution in [1.82, 2.24) is 15.2 Å². The van der Waals surface area contributed by atoms with Gasteiger partial charge in [0.15, 0.2) is 5.13 Å². The van der Waals surface area contributed by atoms with E-state index in [9.17, 15) is 0 Å². The number of nitrogens with zero attached hydrogens (tertiary/aromatic N) is 3. The van der Waals surface area contributed by atoms with Crippen molar-refractivity contribution < 1.29 is 0 Å². The zero-order chi connectivity index (χ0) is 14.4. The number of likely N-dealkylation sites (tertiary alicyclic amines) is 1. The van der Waals surface area contributed by atoms with E-state index in [2.05, 4.69) is 41.4 Å². The van der Waals surface area contributed by atoms with E-state index in [1.165, 1.54) is 31.6 Å². The number of likely N-dealkylation sites (N-methyl/N-ethyl adjacent to an activating group) is 1. The molecule has 0 aliphatic carbocycles. The van der Waals surface area contributed by atoms with Crippen LogP contribution >= 0.6 is 11.3 Å². The number of rotatable bonds is 8. The van der Waals surface area contributed by atoms with E-state index in [4.69, 9.17) is 4.98 Å². The van der Waals surface area contributed by atoms with Crippen LogP contribution in [0.5, 0.6) is 0 Å². The molecular formula is C15H28N4S. The van der Waals surface area contributed by atoms with Crippen LogP contribution in [0.25, 0.3) is 0 Å². The second kappa shape index (κ2) is 7.96. The minimum absolute atomic E-state index is 0.354. The first-order valence-corrected chi connectivity index (χ1v) is 8.71. The second-order valence-electron chi connectivity index (χ2n) is 5.70. The summed E-state index contributed by atoms with van der Waals surface area (Å²) in [6.07, 6.45) is 3.90. The molecule has 0 amide bonds. The summed E-state index contributed by atoms with van der Waals surface area (Å²) in [6.45, 7) is 10.2. The SMILES string of the molecule is CCCNC(C)c1csc(N(C)CCN2CCCC2)n1. The number of anilines is 1. The Morgan fingerprint density at radius 3 is 2.90 bits per heavy atom. The van der Waals surface area contributed by atoms with Crippen molar-refractivity contribution in [3.63, 3.8) is 0 Å². The zero-order valence-electron chi connectivity index (χ0n) is 13.1. The van der Waals surface area contributed by atoms with Gasteiger partial charge in [-0.05, 0) is 45.8 Å². The van der Waals surface area contributed by atoms with E-state index in [0.717, 1.165) is 31.2 Å². The number of hydrogen-bond donors (Lipinski definition) is 1. The van der Waals surface area contributed by atoms with Crippen LogP contribution in [-0.2, 0) is 0 Å². The van der Waals surface area contributed by atoms with Gasteiger partial charge in [0.1, 0.15) is 0 Å². The first kappa shape index (κ1) is 15.7. The van der Waals surface area contributed by atoms with Crippen LogP contribution in [0, 0.1) is 0 Å². The zero-order valence-corrected chi connectivity index (χ0v) is 13.9. The van der Waals surface area contributed by atoms with Crippen LogP contribution in [0.3, 0.4) is 0 Å². The minimum atomic E-state index is 0.354. The molecule has 0 radical (unpaired) electrons. The average molecular weight is 296 g/mol. The third kappa shape index (κ3) is 4.43. The Morgan fingerprint density at radius 1 is 1.45 bits per heavy atom. The van der Waals surface area contributed by atoms with E-state index in [0.29, 0.717) is 6.04 Å². The highest BCUT2D eigenvalue weighted by molar-refractivity contribution is 7.13. The van der Waals surface area contributed by atoms with Crippen molar-refractivity contribution in [3.8, 4) is 0 Å². The smallest absolute Gasteiger partial charge is 0.185 e. The maximum absolute atomic E-state index is 4.77. The van der Waals surface area contributed by atoms with Gasteiger partial charge in [0.05, 0.1) is 5.69 Å². The van der Waals surface area contributed by atoms with Gasteiger partial charge in [-0.3, -0.25) is 0 Å². The molecule has 1 aromatic heterocycles. The Bertz CT molecular complexity index is 387. The molecule has 0 bridgehead atoms. The molecule has 1 fully saturated rings. The summed E-state index contributed by atoms with van der Waals surface area (Å²) in [7, 11) is 2.16. The van der Waals surface area contributed by atoms with Gasteiger partial charge in [-0.25, -0.2) is 4.98 Å². The summed E-state index contributed by atoms with van der Waals surface area (Å²) in [5.41, 5.74) is 1.17. The predicted octanol–water partition coefficient (Wildman–Crippen LogP) is 2.74. The Morgan fingerprint density at radius 2 is 2.20 bits per heavy atom. The van der Waals surface area contributed by atoms with Gasteiger partial charge in [-0.1, -0.05) is 6.92 Å². The molecule has 0 spiro atoms. The monoisotopic (exact) mass is 296 g/mol. The summed E-state index contributed by atoms with van der Waals surface area (Å²) in [5.74, 6) is 0. The van der Waals surface area contributed by atoms with Crippen molar-refractivity contribution in [2.24, 2.45) is 0 Å². The van der Waals surface area contributed by atoms with Crippen molar-refractivity contribution in [3.05, 3.63) is 11.1 Å². The first-order valence-electron chi connectivity index (χ1n) is 7.83. The maximum Gasteiger partial charge on any atom is 0.185 e. The van der Waals surface area contributed by atoms with E-state index in [1.54, 1.807) is 11.3 Å². The number of nitrogens with one attached hydrogen (secondary N) is 1. The van der Waals surface area contributed by atoms with Crippen molar-refractivity contribution in [1.29, 1.82) is 0 Å². The number of hydrogen-bond acceptors (Lipinski definition) is 5. The van der Waals surface area contributed by atoms with Crippen LogP contribution in [0.4, 0.5) is 5.13 Å². The topological polar surface area (TPSA) is 31.4 Å². The fraction of sp³-hybridized carbons (Fsp3) is 0.800. The summed E-state index contributed by atoms with van der Waals surface area (Å²) in [4.78, 5) is 9.61. The molecule has 1 saturated heterocycles. The molecule has 5 heteroatoms. The Kier molecular flexibility index (Phi) is 6.26. The Labute approximate surface area is 127 Å². The van der Waals surface area contributed by atoms with Crippen LogP contribution < -0.4 is 10.2 Å². The van der Waals surface area contributed by atoms with Crippen molar-refractivity contribution >= 4 is 16.5 Å². The van der Waals surface area contributed by atoms with Crippen molar-refractivity contribution in [2.45, 2.75) is 39.2 Å². The molecular weight excluding hydrogens is 268 g/mol. The molecule has 2 heterocycles. The molecule has 4 nitrogen and oxygen atoms in total. The van der Waals surface area contributed by atoms with Gasteiger partial charge >= 0.3 is 0 Å². The van der Waals surface area contributed by atoms with Gasteiger partial charge in [-0.15, -0.1) is 11.3 Å². The minimum Gasteiger partial charge on any atom is -0.350 e. The van der Waals surface area contributed by atoms with Crippen LogP contribution in [-0.4, -0.2) is 49.7 Å². The molecule has 20 heavy (non-hydrogen) atoms. The normalized spacial score (nSPS) is 17.6. The van der Waals surface area contributed by atoms with E-state index >= 15 is 0 Å². The van der Waals surface area contributed by atoms with E-state index in [-0.39, 0.29) is 0 Å². The van der Waals surface area contributed by atoms with Gasteiger partial charge in [-0.2, -0.15) is 0 Å². The predicted molar refractivity (Wildman–Crippen MR) is 87.8 cm³/mol. The second-order valence-corrected chi connectivity index (χ2v) is 6.54. The summed E-state index contributed by atoms with van der Waals surface area (Å²) < 4.78 is 0. The lowest BCUT2D eigenvalue weighted by Gasteiger charge is -2.20. The lowest BCUT2D eigenvalue weighted by Crippen LogP contribution is -2.31. The first-order chi connectivity index (χ1) is 9.70. The van der Waals surface area contributed by atoms with Gasteiger partial charge in [0.25, 0.3) is 0 Å². The molecule has 2 rings (SSSR count). The van der Waals surface area contributed by atoms with E-state index in [1.807, 2.05) is 0 Å². The molecule has 1 aliphatic rings. The Balaban J connectivity index is 1.80. The largest absolute Gasteiger partial charge is 0.350 e. The summed E-state index contributed by atoms with van der Waals surface area (Å²) >= 11 is 1.76. The molecule has 1 N–H and O–H groups in total. The third-order valence-electron chi connectivity index (χ3n) is 3.93. The lowest BCUT2D eigenvalue weighted by atomic mass is 10.2. The Hall–Kier alpha value is -0.650. The molecule has 1 atom stereocenters. The van der Waals surface area contributed by atoms with Gasteiger partial charge in [0.2, 0.25) is 0 Å². The van der Waals surface area contributed by atoms with Gasteiger partial charge in [0, 0.05) is 31.6 Å². The molecule has 114 valence electrons. The quantitative estimate of drug-likeness (QED) is 0.799. The molecule has 1 aromatic rings. The third-order valence-corrected chi connectivity index (χ3v) is 4.90. The summed E-state index contributed by atoms with van der Waals surface area (Å²) in [6, 6.07) is 0.354. The molecule has 0 saturated carbocycles. The van der Waals surface area contributed by atoms with Crippen molar-refractivity contribution in [2.75, 3.05) is 44.7 Å². The highest BCUT2D eigenvalue weighted by Gasteiger charge is 2.14. The highest BCUT2D eigenvalue weighted by Crippen LogP contribution is 2.23. The maximum atomic E-state index is 4.77.